The van der Waals surface area contributed by atoms with Gasteiger partial charge < -0.3 is 4.74 Å². The third-order valence-electron chi connectivity index (χ3n) is 4.46. The number of nitrogens with zero attached hydrogens (tertiary/aromatic N) is 2. The normalized spacial score (nSPS) is 27.6. The number of aryl methyl sites for hydroxylation is 1. The van der Waals surface area contributed by atoms with Crippen molar-refractivity contribution in [1.29, 1.82) is 0 Å². The molecule has 100 valence electrons. The third-order valence-corrected chi connectivity index (χ3v) is 5.53. The minimum Gasteiger partial charge on any atom is -0.375 e. The Labute approximate surface area is 122 Å². The molecule has 0 aromatic carbocycles. The van der Waals surface area contributed by atoms with Crippen LogP contribution in [0.5, 0.6) is 0 Å². The Kier molecular flexibility index (Phi) is 3.67. The van der Waals surface area contributed by atoms with Crippen LogP contribution in [-0.4, -0.2) is 22.0 Å². The Balaban J connectivity index is 1.77. The van der Waals surface area contributed by atoms with Crippen LogP contribution >= 0.6 is 22.6 Å². The highest BCUT2D eigenvalue weighted by Crippen LogP contribution is 2.42. The lowest BCUT2D eigenvalue weighted by Gasteiger charge is -2.43. The Morgan fingerprint density at radius 1 is 1.39 bits per heavy atom. The highest BCUT2D eigenvalue weighted by Gasteiger charge is 2.39. The summed E-state index contributed by atoms with van der Waals surface area (Å²) in [5, 5.41) is 4.66. The molecule has 1 spiro atoms. The molecular weight excluding hydrogens is 339 g/mol. The second-order valence-corrected chi connectivity index (χ2v) is 6.84. The van der Waals surface area contributed by atoms with E-state index < -0.39 is 0 Å². The first-order valence-corrected chi connectivity index (χ1v) is 8.12. The monoisotopic (exact) mass is 360 g/mol. The van der Waals surface area contributed by atoms with Gasteiger partial charge in [-0.2, -0.15) is 5.10 Å². The summed E-state index contributed by atoms with van der Waals surface area (Å²) in [6, 6.07) is 0.541. The standard InChI is InChI=1S/C14H21IN2O/c1-11-10-17(16-13(11)15)12-5-8-18-14(9-12)6-3-2-4-7-14/h10,12H,2-9H2,1H3. The van der Waals surface area contributed by atoms with Crippen molar-refractivity contribution in [1.82, 2.24) is 9.78 Å². The van der Waals surface area contributed by atoms with Crippen molar-refractivity contribution in [2.45, 2.75) is 63.5 Å². The van der Waals surface area contributed by atoms with Crippen molar-refractivity contribution in [2.24, 2.45) is 0 Å². The van der Waals surface area contributed by atoms with Crippen LogP contribution in [0.25, 0.3) is 0 Å². The van der Waals surface area contributed by atoms with Gasteiger partial charge in [-0.1, -0.05) is 19.3 Å². The first kappa shape index (κ1) is 12.9. The van der Waals surface area contributed by atoms with E-state index in [1.807, 2.05) is 0 Å². The summed E-state index contributed by atoms with van der Waals surface area (Å²) in [6.07, 6.45) is 11.0. The van der Waals surface area contributed by atoms with Crippen LogP contribution in [0.1, 0.15) is 56.6 Å². The van der Waals surface area contributed by atoms with Gasteiger partial charge in [0.2, 0.25) is 0 Å². The average molecular weight is 360 g/mol. The quantitative estimate of drug-likeness (QED) is 0.712. The van der Waals surface area contributed by atoms with Crippen molar-refractivity contribution in [2.75, 3.05) is 6.61 Å². The zero-order valence-electron chi connectivity index (χ0n) is 11.0. The Hall–Kier alpha value is -0.100. The molecule has 2 fully saturated rings. The molecule has 0 amide bonds. The first-order valence-electron chi connectivity index (χ1n) is 7.04. The Morgan fingerprint density at radius 3 is 2.83 bits per heavy atom. The van der Waals surface area contributed by atoms with Gasteiger partial charge in [-0.15, -0.1) is 0 Å². The smallest absolute Gasteiger partial charge is 0.126 e. The molecule has 0 bridgehead atoms. The molecule has 2 aliphatic rings. The fourth-order valence-electron chi connectivity index (χ4n) is 3.42. The van der Waals surface area contributed by atoms with Crippen molar-refractivity contribution in [3.63, 3.8) is 0 Å². The molecule has 1 aromatic rings. The lowest BCUT2D eigenvalue weighted by atomic mass is 9.78. The number of aromatic nitrogens is 2. The Morgan fingerprint density at radius 2 is 2.17 bits per heavy atom. The molecule has 1 aromatic heterocycles. The van der Waals surface area contributed by atoms with Crippen LogP contribution in [0.2, 0.25) is 0 Å². The van der Waals surface area contributed by atoms with Crippen molar-refractivity contribution < 1.29 is 4.74 Å². The van der Waals surface area contributed by atoms with Gasteiger partial charge in [-0.3, -0.25) is 4.68 Å². The van der Waals surface area contributed by atoms with E-state index in [0.29, 0.717) is 6.04 Å². The summed E-state index contributed by atoms with van der Waals surface area (Å²) in [4.78, 5) is 0. The average Bonchev–Trinajstić information content (AvgIpc) is 2.71. The number of hydrogen-bond donors (Lipinski definition) is 0. The van der Waals surface area contributed by atoms with Gasteiger partial charge in [0.05, 0.1) is 11.6 Å². The lowest BCUT2D eigenvalue weighted by Crippen LogP contribution is -2.42. The molecule has 0 N–H and O–H groups in total. The van der Waals surface area contributed by atoms with Crippen LogP contribution in [0, 0.1) is 10.6 Å². The fraction of sp³-hybridized carbons (Fsp3) is 0.786. The highest BCUT2D eigenvalue weighted by molar-refractivity contribution is 14.1. The van der Waals surface area contributed by atoms with Gasteiger partial charge in [0.25, 0.3) is 0 Å². The molecular formula is C14H21IN2O. The zero-order chi connectivity index (χ0) is 12.6. The molecule has 0 radical (unpaired) electrons. The third kappa shape index (κ3) is 2.46. The lowest BCUT2D eigenvalue weighted by molar-refractivity contribution is -0.115. The van der Waals surface area contributed by atoms with E-state index in [9.17, 15) is 0 Å². The van der Waals surface area contributed by atoms with Gasteiger partial charge in [-0.25, -0.2) is 0 Å². The van der Waals surface area contributed by atoms with Crippen molar-refractivity contribution in [3.8, 4) is 0 Å². The fourth-order valence-corrected chi connectivity index (χ4v) is 3.81. The van der Waals surface area contributed by atoms with E-state index in [2.05, 4.69) is 45.5 Å². The topological polar surface area (TPSA) is 27.1 Å². The number of hydrogen-bond acceptors (Lipinski definition) is 2. The van der Waals surface area contributed by atoms with Crippen LogP contribution in [0.4, 0.5) is 0 Å². The van der Waals surface area contributed by atoms with E-state index in [0.717, 1.165) is 23.1 Å². The van der Waals surface area contributed by atoms with Crippen LogP contribution in [-0.2, 0) is 4.74 Å². The molecule has 3 rings (SSSR count). The van der Waals surface area contributed by atoms with Crippen molar-refractivity contribution in [3.05, 3.63) is 15.5 Å². The second-order valence-electron chi connectivity index (χ2n) is 5.82. The zero-order valence-corrected chi connectivity index (χ0v) is 13.1. The van der Waals surface area contributed by atoms with Crippen LogP contribution < -0.4 is 0 Å². The van der Waals surface area contributed by atoms with E-state index in [1.165, 1.54) is 37.7 Å². The SMILES string of the molecule is Cc1cn(C2CCOC3(CCCCC3)C2)nc1I. The molecule has 1 saturated heterocycles. The number of halogens is 1. The maximum atomic E-state index is 6.15. The first-order chi connectivity index (χ1) is 8.69. The molecule has 1 aliphatic carbocycles. The maximum Gasteiger partial charge on any atom is 0.126 e. The van der Waals surface area contributed by atoms with E-state index in [-0.39, 0.29) is 5.60 Å². The molecule has 18 heavy (non-hydrogen) atoms. The summed E-state index contributed by atoms with van der Waals surface area (Å²) < 4.78 is 9.48. The maximum absolute atomic E-state index is 6.15. The van der Waals surface area contributed by atoms with Gasteiger partial charge in [0, 0.05) is 18.4 Å². The van der Waals surface area contributed by atoms with E-state index in [1.54, 1.807) is 0 Å². The minimum atomic E-state index is 0.173. The molecule has 4 heteroatoms. The summed E-state index contributed by atoms with van der Waals surface area (Å²) in [5.74, 6) is 0. The van der Waals surface area contributed by atoms with Gasteiger partial charge in [0.15, 0.2) is 0 Å². The van der Waals surface area contributed by atoms with Crippen molar-refractivity contribution >= 4 is 22.6 Å². The van der Waals surface area contributed by atoms with E-state index in [4.69, 9.17) is 4.74 Å². The largest absolute Gasteiger partial charge is 0.375 e. The van der Waals surface area contributed by atoms with Crippen LogP contribution in [0.3, 0.4) is 0 Å². The van der Waals surface area contributed by atoms with Gasteiger partial charge in [-0.05, 0) is 55.2 Å². The molecule has 1 saturated carbocycles. The molecule has 2 heterocycles. The molecule has 1 aliphatic heterocycles. The van der Waals surface area contributed by atoms with Crippen LogP contribution in [0.15, 0.2) is 6.20 Å². The Bertz CT molecular complexity index is 398. The summed E-state index contributed by atoms with van der Waals surface area (Å²) >= 11 is 2.32. The predicted molar refractivity (Wildman–Crippen MR) is 79.7 cm³/mol. The highest BCUT2D eigenvalue weighted by atomic mass is 127. The summed E-state index contributed by atoms with van der Waals surface area (Å²) in [7, 11) is 0. The summed E-state index contributed by atoms with van der Waals surface area (Å²) in [6.45, 7) is 3.04. The number of ether oxygens (including phenoxy) is 1. The molecule has 1 atom stereocenters. The minimum absolute atomic E-state index is 0.173. The summed E-state index contributed by atoms with van der Waals surface area (Å²) in [5.41, 5.74) is 1.46. The molecule has 3 nitrogen and oxygen atoms in total. The van der Waals surface area contributed by atoms with E-state index >= 15 is 0 Å². The number of rotatable bonds is 1. The van der Waals surface area contributed by atoms with Gasteiger partial charge in [0.1, 0.15) is 3.70 Å². The molecule has 1 unspecified atom stereocenters. The predicted octanol–water partition coefficient (Wildman–Crippen LogP) is 3.85. The second kappa shape index (κ2) is 5.12. The van der Waals surface area contributed by atoms with Gasteiger partial charge >= 0.3 is 0 Å².